The summed E-state index contributed by atoms with van der Waals surface area (Å²) in [6, 6.07) is -1.72. The van der Waals surface area contributed by atoms with E-state index < -0.39 is 6.00 Å². The van der Waals surface area contributed by atoms with Gasteiger partial charge in [-0.3, -0.25) is 0 Å². The monoisotopic (exact) mass is 302 g/mol. The lowest BCUT2D eigenvalue weighted by Gasteiger charge is -2.32. The molecule has 0 aliphatic carbocycles. The van der Waals surface area contributed by atoms with Gasteiger partial charge in [0.15, 0.2) is 0 Å². The van der Waals surface area contributed by atoms with Crippen molar-refractivity contribution in [3.05, 3.63) is 0 Å². The zero-order valence-corrected chi connectivity index (χ0v) is 14.6. The first kappa shape index (κ1) is 17.1. The second kappa shape index (κ2) is 5.82. The van der Waals surface area contributed by atoms with Crippen molar-refractivity contribution < 1.29 is 0 Å². The molecule has 0 aromatic rings. The lowest BCUT2D eigenvalue weighted by Crippen LogP contribution is -2.24. The average Bonchev–Trinajstić information content (AvgIpc) is 1.70. The molecule has 0 amide bonds. The van der Waals surface area contributed by atoms with Crippen molar-refractivity contribution in [2.75, 3.05) is 0 Å². The van der Waals surface area contributed by atoms with Gasteiger partial charge in [-0.25, -0.2) is 0 Å². The Morgan fingerprint density at radius 1 is 0.812 bits per heavy atom. The van der Waals surface area contributed by atoms with E-state index in [2.05, 4.69) is 41.5 Å². The minimum atomic E-state index is -2.50. The molecule has 0 aliphatic rings. The van der Waals surface area contributed by atoms with Gasteiger partial charge in [-0.15, -0.1) is 33.2 Å². The zero-order chi connectivity index (χ0) is 13.2. The van der Waals surface area contributed by atoms with Crippen LogP contribution in [0.3, 0.4) is 0 Å². The van der Waals surface area contributed by atoms with Crippen LogP contribution in [0.15, 0.2) is 0 Å². The highest BCUT2D eigenvalue weighted by Crippen LogP contribution is 2.40. The quantitative estimate of drug-likeness (QED) is 0.433. The van der Waals surface area contributed by atoms with Crippen LogP contribution in [0.1, 0.15) is 54.4 Å². The third-order valence-electron chi connectivity index (χ3n) is 2.32. The van der Waals surface area contributed by atoms with Gasteiger partial charge in [-0.1, -0.05) is 41.5 Å². The molecule has 0 heterocycles. The standard InChI is InChI=1S/C12H25Cl3Si/c1-11(2,3)7-10(8-12(4,5)6)9-16(13,14)15/h10H,7-9H2,1-6H3. The van der Waals surface area contributed by atoms with E-state index in [-0.39, 0.29) is 0 Å². The maximum atomic E-state index is 6.06. The topological polar surface area (TPSA) is 0 Å². The summed E-state index contributed by atoms with van der Waals surface area (Å²) in [5.74, 6) is 0.527. The molecule has 0 saturated heterocycles. The van der Waals surface area contributed by atoms with Gasteiger partial charge < -0.3 is 0 Å². The summed E-state index contributed by atoms with van der Waals surface area (Å²) in [6.07, 6.45) is 2.26. The Morgan fingerprint density at radius 3 is 1.31 bits per heavy atom. The van der Waals surface area contributed by atoms with Crippen molar-refractivity contribution in [2.45, 2.75) is 60.4 Å². The summed E-state index contributed by atoms with van der Waals surface area (Å²) in [4.78, 5) is 0. The normalized spacial score (nSPS) is 14.6. The minimum absolute atomic E-state index is 0.306. The highest BCUT2D eigenvalue weighted by molar-refractivity contribution is 7.64. The summed E-state index contributed by atoms with van der Waals surface area (Å²) in [5.41, 5.74) is 0.612. The molecule has 0 fully saturated rings. The Balaban J connectivity index is 4.53. The molecule has 0 rings (SSSR count). The van der Waals surface area contributed by atoms with Gasteiger partial charge in [-0.2, -0.15) is 0 Å². The Kier molecular flexibility index (Phi) is 6.21. The molecule has 0 unspecified atom stereocenters. The van der Waals surface area contributed by atoms with Crippen LogP contribution in [0.25, 0.3) is 0 Å². The summed E-state index contributed by atoms with van der Waals surface area (Å²) in [6.45, 7) is 13.5. The molecule has 0 nitrogen and oxygen atoms in total. The van der Waals surface area contributed by atoms with E-state index in [1.54, 1.807) is 0 Å². The van der Waals surface area contributed by atoms with E-state index >= 15 is 0 Å². The number of hydrogen-bond acceptors (Lipinski definition) is 0. The molecule has 0 aromatic carbocycles. The van der Waals surface area contributed by atoms with Gasteiger partial charge in [0.1, 0.15) is 0 Å². The summed E-state index contributed by atoms with van der Waals surface area (Å²) < 4.78 is 0. The average molecular weight is 304 g/mol. The van der Waals surface area contributed by atoms with Crippen molar-refractivity contribution in [1.29, 1.82) is 0 Å². The van der Waals surface area contributed by atoms with E-state index in [1.807, 2.05) is 0 Å². The molecule has 0 aromatic heterocycles. The third-order valence-corrected chi connectivity index (χ3v) is 4.75. The largest absolute Gasteiger partial charge is 0.341 e. The van der Waals surface area contributed by atoms with E-state index in [0.29, 0.717) is 16.7 Å². The Labute approximate surface area is 116 Å². The summed E-state index contributed by atoms with van der Waals surface area (Å²) >= 11 is 18.2. The van der Waals surface area contributed by atoms with E-state index in [4.69, 9.17) is 33.2 Å². The maximum Gasteiger partial charge on any atom is 0.341 e. The fourth-order valence-electron chi connectivity index (χ4n) is 2.28. The molecule has 0 N–H and O–H groups in total. The second-order valence-electron chi connectivity index (χ2n) is 7.21. The van der Waals surface area contributed by atoms with Crippen LogP contribution in [0, 0.1) is 16.7 Å². The SMILES string of the molecule is CC(C)(C)CC(CC(C)(C)C)C[Si](Cl)(Cl)Cl. The smallest absolute Gasteiger partial charge is 0.126 e. The minimum Gasteiger partial charge on any atom is -0.126 e. The van der Waals surface area contributed by atoms with E-state index in [9.17, 15) is 0 Å². The number of halogens is 3. The zero-order valence-electron chi connectivity index (χ0n) is 11.3. The number of rotatable bonds is 4. The van der Waals surface area contributed by atoms with Gasteiger partial charge in [-0.05, 0) is 35.6 Å². The van der Waals surface area contributed by atoms with Crippen molar-refractivity contribution >= 4 is 39.2 Å². The first-order chi connectivity index (χ1) is 6.79. The van der Waals surface area contributed by atoms with Crippen LogP contribution in [0.5, 0.6) is 0 Å². The van der Waals surface area contributed by atoms with Crippen LogP contribution in [-0.2, 0) is 0 Å². The summed E-state index contributed by atoms with van der Waals surface area (Å²) in [5, 5.41) is 0. The van der Waals surface area contributed by atoms with Crippen molar-refractivity contribution in [2.24, 2.45) is 16.7 Å². The van der Waals surface area contributed by atoms with Gasteiger partial charge in [0.05, 0.1) is 0 Å². The van der Waals surface area contributed by atoms with Crippen LogP contribution >= 0.6 is 33.2 Å². The van der Waals surface area contributed by atoms with Gasteiger partial charge >= 0.3 is 6.00 Å². The van der Waals surface area contributed by atoms with Crippen LogP contribution in [0.4, 0.5) is 0 Å². The van der Waals surface area contributed by atoms with Crippen molar-refractivity contribution in [1.82, 2.24) is 0 Å². The molecule has 0 bridgehead atoms. The fourth-order valence-corrected chi connectivity index (χ4v) is 5.18. The lowest BCUT2D eigenvalue weighted by atomic mass is 9.77. The van der Waals surface area contributed by atoms with Crippen molar-refractivity contribution in [3.63, 3.8) is 0 Å². The predicted molar refractivity (Wildman–Crippen MR) is 79.8 cm³/mol. The van der Waals surface area contributed by atoms with Crippen LogP contribution < -0.4 is 0 Å². The second-order valence-corrected chi connectivity index (χ2v) is 16.4. The molecule has 16 heavy (non-hydrogen) atoms. The predicted octanol–water partition coefficient (Wildman–Crippen LogP) is 6.13. The molecule has 0 radical (unpaired) electrons. The van der Waals surface area contributed by atoms with Gasteiger partial charge in [0, 0.05) is 0 Å². The van der Waals surface area contributed by atoms with E-state index in [0.717, 1.165) is 18.9 Å². The molecule has 0 saturated carbocycles. The fraction of sp³-hybridized carbons (Fsp3) is 1.00. The Morgan fingerprint density at radius 2 is 1.12 bits per heavy atom. The summed E-state index contributed by atoms with van der Waals surface area (Å²) in [7, 11) is 0. The molecular weight excluding hydrogens is 279 g/mol. The van der Waals surface area contributed by atoms with Crippen molar-refractivity contribution in [3.8, 4) is 0 Å². The maximum absolute atomic E-state index is 6.06. The van der Waals surface area contributed by atoms with E-state index in [1.165, 1.54) is 0 Å². The van der Waals surface area contributed by atoms with Crippen LogP contribution in [-0.4, -0.2) is 6.00 Å². The first-order valence-corrected chi connectivity index (χ1v) is 11.1. The lowest BCUT2D eigenvalue weighted by molar-refractivity contribution is 0.233. The highest BCUT2D eigenvalue weighted by Gasteiger charge is 2.33. The molecule has 0 spiro atoms. The Hall–Kier alpha value is 1.09. The van der Waals surface area contributed by atoms with Gasteiger partial charge in [0.2, 0.25) is 0 Å². The molecular formula is C12H25Cl3Si. The molecule has 98 valence electrons. The Bertz CT molecular complexity index is 170. The first-order valence-electron chi connectivity index (χ1n) is 5.85. The molecule has 0 aliphatic heterocycles. The highest BCUT2D eigenvalue weighted by atomic mass is 35.8. The van der Waals surface area contributed by atoms with Crippen LogP contribution in [0.2, 0.25) is 6.04 Å². The number of hydrogen-bond donors (Lipinski definition) is 0. The molecule has 4 heteroatoms. The molecule has 0 atom stereocenters. The van der Waals surface area contributed by atoms with Gasteiger partial charge in [0.25, 0.3) is 0 Å². The third kappa shape index (κ3) is 11.6.